The smallest absolute Gasteiger partial charge is 0.0594 e. The van der Waals surface area contributed by atoms with E-state index in [4.69, 9.17) is 11.6 Å². The van der Waals surface area contributed by atoms with Crippen molar-refractivity contribution in [1.82, 2.24) is 0 Å². The number of rotatable bonds is 5. The summed E-state index contributed by atoms with van der Waals surface area (Å²) in [5.41, 5.74) is 5.94. The molecule has 0 aromatic heterocycles. The number of hydrogen-bond acceptors (Lipinski definition) is 1. The first kappa shape index (κ1) is 23.9. The summed E-state index contributed by atoms with van der Waals surface area (Å²) in [4.78, 5) is -0.0668. The van der Waals surface area contributed by atoms with Crippen LogP contribution in [0.3, 0.4) is 0 Å². The molecule has 0 aromatic carbocycles. The van der Waals surface area contributed by atoms with Gasteiger partial charge in [-0.2, -0.15) is 0 Å². The van der Waals surface area contributed by atoms with E-state index in [1.54, 1.807) is 16.7 Å². The van der Waals surface area contributed by atoms with Crippen molar-refractivity contribution in [2.75, 3.05) is 0 Å². The monoisotopic (exact) mass is 446 g/mol. The molecule has 31 heavy (non-hydrogen) atoms. The van der Waals surface area contributed by atoms with E-state index in [0.29, 0.717) is 11.3 Å². The average molecular weight is 447 g/mol. The highest BCUT2D eigenvalue weighted by molar-refractivity contribution is 6.23. The summed E-state index contributed by atoms with van der Waals surface area (Å²) in [6.45, 7) is 16.6. The predicted octanol–water partition coefficient (Wildman–Crippen LogP) is 8.45. The minimum Gasteiger partial charge on any atom is -0.393 e. The van der Waals surface area contributed by atoms with Crippen LogP contribution in [0.4, 0.5) is 0 Å². The molecule has 6 atom stereocenters. The van der Waals surface area contributed by atoms with Crippen LogP contribution < -0.4 is 0 Å². The van der Waals surface area contributed by atoms with E-state index in [0.717, 1.165) is 24.7 Å². The third-order valence-corrected chi connectivity index (χ3v) is 10.7. The first-order chi connectivity index (χ1) is 14.3. The van der Waals surface area contributed by atoms with E-state index in [2.05, 4.69) is 54.5 Å². The number of aliphatic hydroxyl groups is 1. The summed E-state index contributed by atoms with van der Waals surface area (Å²) < 4.78 is 0. The van der Waals surface area contributed by atoms with Crippen molar-refractivity contribution in [1.29, 1.82) is 0 Å². The molecule has 1 nitrogen and oxygen atoms in total. The van der Waals surface area contributed by atoms with E-state index in [1.807, 2.05) is 0 Å². The Bertz CT molecular complexity index is 768. The van der Waals surface area contributed by atoms with E-state index in [9.17, 15) is 5.11 Å². The van der Waals surface area contributed by atoms with Gasteiger partial charge in [-0.1, -0.05) is 59.1 Å². The predicted molar refractivity (Wildman–Crippen MR) is 133 cm³/mol. The first-order valence-electron chi connectivity index (χ1n) is 13.1. The molecule has 0 aromatic rings. The zero-order valence-corrected chi connectivity index (χ0v) is 22.0. The minimum atomic E-state index is -0.143. The molecular weight excluding hydrogens is 400 g/mol. The lowest BCUT2D eigenvalue weighted by Crippen LogP contribution is -2.53. The van der Waals surface area contributed by atoms with Crippen LogP contribution in [0.15, 0.2) is 22.8 Å². The molecule has 1 fully saturated rings. The van der Waals surface area contributed by atoms with Gasteiger partial charge in [0.15, 0.2) is 0 Å². The number of halogens is 1. The molecule has 4 aliphatic rings. The maximum Gasteiger partial charge on any atom is 0.0594 e. The first-order valence-corrected chi connectivity index (χ1v) is 13.5. The molecule has 4 aliphatic carbocycles. The highest BCUT2D eigenvalue weighted by Gasteiger charge is 2.57. The Hall–Kier alpha value is -0.270. The topological polar surface area (TPSA) is 20.2 Å². The molecule has 0 bridgehead atoms. The van der Waals surface area contributed by atoms with Gasteiger partial charge in [0.05, 0.1) is 6.10 Å². The molecule has 0 radical (unpaired) electrons. The van der Waals surface area contributed by atoms with Gasteiger partial charge in [0, 0.05) is 4.87 Å². The fourth-order valence-electron chi connectivity index (χ4n) is 8.62. The molecule has 176 valence electrons. The van der Waals surface area contributed by atoms with Gasteiger partial charge in [-0.3, -0.25) is 0 Å². The Labute approximate surface area is 197 Å². The molecule has 0 aliphatic heterocycles. The molecule has 0 amide bonds. The Morgan fingerprint density at radius 2 is 1.81 bits per heavy atom. The van der Waals surface area contributed by atoms with E-state index < -0.39 is 0 Å². The highest BCUT2D eigenvalue weighted by atomic mass is 35.5. The van der Waals surface area contributed by atoms with Crippen molar-refractivity contribution in [3.63, 3.8) is 0 Å². The molecule has 0 spiro atoms. The van der Waals surface area contributed by atoms with E-state index >= 15 is 0 Å². The molecule has 2 heteroatoms. The van der Waals surface area contributed by atoms with Gasteiger partial charge in [-0.05, 0) is 110 Å². The van der Waals surface area contributed by atoms with Crippen molar-refractivity contribution in [2.45, 2.75) is 124 Å². The van der Waals surface area contributed by atoms with Gasteiger partial charge in [0.2, 0.25) is 0 Å². The summed E-state index contributed by atoms with van der Waals surface area (Å²) in [5, 5.41) is 10.8. The van der Waals surface area contributed by atoms with Crippen LogP contribution in [-0.2, 0) is 0 Å². The SMILES string of the molecule is C[C@H](CCCC(C)(C)Cl)[C@H]1CC=C2C3=C(CC[C@@]21C)[C@@]1(C)CCC(O)C(C)(C)[C@@H]1CC3. The van der Waals surface area contributed by atoms with Crippen molar-refractivity contribution in [2.24, 2.45) is 34.0 Å². The summed E-state index contributed by atoms with van der Waals surface area (Å²) in [5.74, 6) is 2.16. The van der Waals surface area contributed by atoms with Crippen LogP contribution in [0.25, 0.3) is 0 Å². The number of fused-ring (bicyclic) bond motifs is 4. The summed E-state index contributed by atoms with van der Waals surface area (Å²) in [6, 6.07) is 0. The Kier molecular flexibility index (Phi) is 6.08. The normalized spacial score (nSPS) is 40.7. The minimum absolute atomic E-state index is 0.0313. The fraction of sp³-hybridized carbons (Fsp3) is 0.862. The molecule has 0 saturated heterocycles. The van der Waals surface area contributed by atoms with E-state index in [-0.39, 0.29) is 21.8 Å². The lowest BCUT2D eigenvalue weighted by molar-refractivity contribution is -0.0905. The van der Waals surface area contributed by atoms with E-state index in [1.165, 1.54) is 51.4 Å². The van der Waals surface area contributed by atoms with Crippen LogP contribution in [0.2, 0.25) is 0 Å². The van der Waals surface area contributed by atoms with Gasteiger partial charge in [0.1, 0.15) is 0 Å². The van der Waals surface area contributed by atoms with Gasteiger partial charge in [-0.25, -0.2) is 0 Å². The standard InChI is InChI=1S/C29H47ClO/c1-19(9-8-16-26(2,3)30)21-11-12-22-20-10-13-24-27(4,5)25(31)15-18-29(24,7)23(20)14-17-28(21,22)6/h12,19,21,24-25,31H,8-11,13-18H2,1-7H3/t19-,21-,24+,25?,28-,29-/m1/s1. The van der Waals surface area contributed by atoms with Crippen LogP contribution in [0.1, 0.15) is 113 Å². The molecule has 1 N–H and O–H groups in total. The summed E-state index contributed by atoms with van der Waals surface area (Å²) in [6.07, 6.45) is 14.6. The van der Waals surface area contributed by atoms with Gasteiger partial charge >= 0.3 is 0 Å². The largest absolute Gasteiger partial charge is 0.393 e. The third kappa shape index (κ3) is 3.88. The van der Waals surface area contributed by atoms with Crippen molar-refractivity contribution < 1.29 is 5.11 Å². The molecular formula is C29H47ClO. The molecule has 0 heterocycles. The van der Waals surface area contributed by atoms with Gasteiger partial charge in [0.25, 0.3) is 0 Å². The van der Waals surface area contributed by atoms with Gasteiger partial charge < -0.3 is 5.11 Å². The molecule has 4 rings (SSSR count). The number of allylic oxidation sites excluding steroid dienone is 4. The number of alkyl halides is 1. The quantitative estimate of drug-likeness (QED) is 0.420. The van der Waals surface area contributed by atoms with Gasteiger partial charge in [-0.15, -0.1) is 11.6 Å². The maximum atomic E-state index is 10.8. The molecule has 1 saturated carbocycles. The van der Waals surface area contributed by atoms with Crippen LogP contribution >= 0.6 is 11.6 Å². The zero-order chi connectivity index (χ0) is 22.8. The summed E-state index contributed by atoms with van der Waals surface area (Å²) >= 11 is 6.46. The van der Waals surface area contributed by atoms with Crippen LogP contribution in [0, 0.1) is 34.0 Å². The lowest BCUT2D eigenvalue weighted by Gasteiger charge is -2.59. The summed E-state index contributed by atoms with van der Waals surface area (Å²) in [7, 11) is 0. The second-order valence-electron chi connectivity index (χ2n) is 13.3. The number of aliphatic hydroxyl groups excluding tert-OH is 1. The van der Waals surface area contributed by atoms with Crippen LogP contribution in [0.5, 0.6) is 0 Å². The third-order valence-electron chi connectivity index (χ3n) is 10.5. The fourth-order valence-corrected chi connectivity index (χ4v) is 8.76. The van der Waals surface area contributed by atoms with Crippen molar-refractivity contribution >= 4 is 11.6 Å². The highest BCUT2D eigenvalue weighted by Crippen LogP contribution is 2.66. The number of hydrogen-bond donors (Lipinski definition) is 1. The second-order valence-corrected chi connectivity index (χ2v) is 14.3. The maximum absolute atomic E-state index is 10.8. The molecule has 1 unspecified atom stereocenters. The van der Waals surface area contributed by atoms with Crippen LogP contribution in [-0.4, -0.2) is 16.1 Å². The Morgan fingerprint density at radius 1 is 1.10 bits per heavy atom. The lowest BCUT2D eigenvalue weighted by atomic mass is 9.46. The Balaban J connectivity index is 1.56. The average Bonchev–Trinajstić information content (AvgIpc) is 3.01. The van der Waals surface area contributed by atoms with Crippen molar-refractivity contribution in [3.05, 3.63) is 22.8 Å². The van der Waals surface area contributed by atoms with Crippen molar-refractivity contribution in [3.8, 4) is 0 Å². The second kappa shape index (κ2) is 7.90. The Morgan fingerprint density at radius 3 is 2.48 bits per heavy atom. The zero-order valence-electron chi connectivity index (χ0n) is 21.3.